The molecule has 0 aromatic heterocycles. The highest BCUT2D eigenvalue weighted by atomic mass is 19.1. The van der Waals surface area contributed by atoms with Gasteiger partial charge in [0, 0.05) is 0 Å². The molecule has 1 unspecified atom stereocenters. The summed E-state index contributed by atoms with van der Waals surface area (Å²) in [7, 11) is 0. The van der Waals surface area contributed by atoms with E-state index in [9.17, 15) is 4.39 Å². The molecule has 13 heavy (non-hydrogen) atoms. The van der Waals surface area contributed by atoms with Gasteiger partial charge in [-0.1, -0.05) is 38.8 Å². The zero-order chi connectivity index (χ0) is 9.68. The molecule has 0 aliphatic carbocycles. The van der Waals surface area contributed by atoms with Crippen molar-refractivity contribution < 1.29 is 4.39 Å². The maximum atomic E-state index is 13.2. The van der Waals surface area contributed by atoms with Gasteiger partial charge in [0.25, 0.3) is 0 Å². The van der Waals surface area contributed by atoms with Crippen LogP contribution in [0.2, 0.25) is 0 Å². The van der Waals surface area contributed by atoms with Crippen LogP contribution in [0.3, 0.4) is 0 Å². The average Bonchev–Trinajstić information content (AvgIpc) is 2.15. The van der Waals surface area contributed by atoms with E-state index in [0.29, 0.717) is 5.92 Å². The molecule has 1 radical (unpaired) electrons. The minimum absolute atomic E-state index is 0.119. The zero-order valence-electron chi connectivity index (χ0n) is 8.31. The lowest BCUT2D eigenvalue weighted by Crippen LogP contribution is -1.97. The molecule has 1 aromatic carbocycles. The maximum absolute atomic E-state index is 13.2. The Morgan fingerprint density at radius 1 is 1.54 bits per heavy atom. The number of benzene rings is 1. The first-order valence-corrected chi connectivity index (χ1v) is 4.91. The van der Waals surface area contributed by atoms with Gasteiger partial charge in [-0.05, 0) is 30.0 Å². The zero-order valence-corrected chi connectivity index (χ0v) is 8.31. The van der Waals surface area contributed by atoms with Crippen LogP contribution >= 0.6 is 0 Å². The molecule has 0 aliphatic rings. The van der Waals surface area contributed by atoms with Crippen LogP contribution in [-0.2, 0) is 0 Å². The van der Waals surface area contributed by atoms with E-state index in [-0.39, 0.29) is 5.82 Å². The van der Waals surface area contributed by atoms with Gasteiger partial charge in [-0.2, -0.15) is 0 Å². The molecule has 1 heteroatoms. The van der Waals surface area contributed by atoms with Gasteiger partial charge in [0.15, 0.2) is 0 Å². The molecule has 0 spiro atoms. The fourth-order valence-corrected chi connectivity index (χ4v) is 1.46. The molecule has 0 bridgehead atoms. The fraction of sp³-hybridized carbons (Fsp3) is 0.500. The molecule has 0 aliphatic heterocycles. The SMILES string of the molecule is CCCCC(C)c1[c]cccc1F. The summed E-state index contributed by atoms with van der Waals surface area (Å²) < 4.78 is 13.2. The predicted octanol–water partition coefficient (Wildman–Crippen LogP) is 3.92. The third kappa shape index (κ3) is 2.83. The van der Waals surface area contributed by atoms with E-state index in [1.165, 1.54) is 12.5 Å². The molecule has 0 nitrogen and oxygen atoms in total. The van der Waals surface area contributed by atoms with Crippen LogP contribution in [0.5, 0.6) is 0 Å². The van der Waals surface area contributed by atoms with Gasteiger partial charge in [0.2, 0.25) is 0 Å². The summed E-state index contributed by atoms with van der Waals surface area (Å²) in [6, 6.07) is 7.94. The lowest BCUT2D eigenvalue weighted by molar-refractivity contribution is 0.559. The number of hydrogen-bond donors (Lipinski definition) is 0. The van der Waals surface area contributed by atoms with Crippen LogP contribution in [-0.4, -0.2) is 0 Å². The first kappa shape index (κ1) is 10.2. The van der Waals surface area contributed by atoms with Crippen LogP contribution in [0.1, 0.15) is 44.6 Å². The smallest absolute Gasteiger partial charge is 0.127 e. The maximum Gasteiger partial charge on any atom is 0.127 e. The lowest BCUT2D eigenvalue weighted by Gasteiger charge is -2.11. The van der Waals surface area contributed by atoms with E-state index < -0.39 is 0 Å². The molecule has 1 aromatic rings. The number of rotatable bonds is 4. The van der Waals surface area contributed by atoms with Gasteiger partial charge in [-0.15, -0.1) is 0 Å². The van der Waals surface area contributed by atoms with Crippen molar-refractivity contribution in [1.29, 1.82) is 0 Å². The Morgan fingerprint density at radius 2 is 2.31 bits per heavy atom. The van der Waals surface area contributed by atoms with Gasteiger partial charge in [0.1, 0.15) is 5.82 Å². The molecule has 0 fully saturated rings. The summed E-state index contributed by atoms with van der Waals surface area (Å²) in [5.74, 6) is 0.173. The molecule has 0 saturated heterocycles. The molecule has 0 amide bonds. The van der Waals surface area contributed by atoms with E-state index in [2.05, 4.69) is 19.9 Å². The van der Waals surface area contributed by atoms with Crippen molar-refractivity contribution in [2.45, 2.75) is 39.0 Å². The largest absolute Gasteiger partial charge is 0.207 e. The summed E-state index contributed by atoms with van der Waals surface area (Å²) in [5.41, 5.74) is 0.732. The minimum atomic E-state index is -0.119. The standard InChI is InChI=1S/C12H16F/c1-3-4-7-10(2)11-8-5-6-9-12(11)13/h5-6,9-10H,3-4,7H2,1-2H3. The quantitative estimate of drug-likeness (QED) is 0.657. The third-order valence-electron chi connectivity index (χ3n) is 2.32. The summed E-state index contributed by atoms with van der Waals surface area (Å²) >= 11 is 0. The number of unbranched alkanes of at least 4 members (excludes halogenated alkanes) is 1. The van der Waals surface area contributed by atoms with E-state index in [0.717, 1.165) is 18.4 Å². The fourth-order valence-electron chi connectivity index (χ4n) is 1.46. The Morgan fingerprint density at radius 3 is 2.92 bits per heavy atom. The normalized spacial score (nSPS) is 12.8. The molecule has 0 N–H and O–H groups in total. The monoisotopic (exact) mass is 179 g/mol. The van der Waals surface area contributed by atoms with Crippen molar-refractivity contribution in [3.63, 3.8) is 0 Å². The summed E-state index contributed by atoms with van der Waals surface area (Å²) in [6.45, 7) is 4.21. The molecule has 71 valence electrons. The predicted molar refractivity (Wildman–Crippen MR) is 53.2 cm³/mol. The Bertz CT molecular complexity index is 255. The molecule has 1 rings (SSSR count). The topological polar surface area (TPSA) is 0 Å². The van der Waals surface area contributed by atoms with Crippen LogP contribution in [0.4, 0.5) is 4.39 Å². The Kier molecular flexibility index (Phi) is 3.94. The van der Waals surface area contributed by atoms with Gasteiger partial charge < -0.3 is 0 Å². The van der Waals surface area contributed by atoms with Crippen molar-refractivity contribution >= 4 is 0 Å². The Balaban J connectivity index is 2.65. The van der Waals surface area contributed by atoms with E-state index in [4.69, 9.17) is 0 Å². The van der Waals surface area contributed by atoms with Gasteiger partial charge in [-0.3, -0.25) is 0 Å². The molecule has 1 atom stereocenters. The van der Waals surface area contributed by atoms with Crippen LogP contribution in [0.25, 0.3) is 0 Å². The number of hydrogen-bond acceptors (Lipinski definition) is 0. The van der Waals surface area contributed by atoms with Crippen molar-refractivity contribution in [2.75, 3.05) is 0 Å². The second-order valence-corrected chi connectivity index (χ2v) is 3.48. The number of halogens is 1. The van der Waals surface area contributed by atoms with Crippen molar-refractivity contribution in [3.05, 3.63) is 35.6 Å². The van der Waals surface area contributed by atoms with E-state index in [1.54, 1.807) is 12.1 Å². The van der Waals surface area contributed by atoms with Crippen molar-refractivity contribution in [2.24, 2.45) is 0 Å². The molecular formula is C12H16F. The summed E-state index contributed by atoms with van der Waals surface area (Å²) in [4.78, 5) is 0. The van der Waals surface area contributed by atoms with E-state index in [1.807, 2.05) is 0 Å². The van der Waals surface area contributed by atoms with Crippen molar-refractivity contribution in [1.82, 2.24) is 0 Å². The second-order valence-electron chi connectivity index (χ2n) is 3.48. The van der Waals surface area contributed by atoms with Crippen LogP contribution in [0.15, 0.2) is 18.2 Å². The van der Waals surface area contributed by atoms with Crippen LogP contribution < -0.4 is 0 Å². The highest BCUT2D eigenvalue weighted by molar-refractivity contribution is 5.19. The first-order valence-electron chi connectivity index (χ1n) is 4.91. The third-order valence-corrected chi connectivity index (χ3v) is 2.32. The Labute approximate surface area is 79.8 Å². The average molecular weight is 179 g/mol. The van der Waals surface area contributed by atoms with E-state index >= 15 is 0 Å². The molecule has 0 saturated carbocycles. The Hall–Kier alpha value is -0.850. The molecule has 0 heterocycles. The van der Waals surface area contributed by atoms with Crippen molar-refractivity contribution in [3.8, 4) is 0 Å². The first-order chi connectivity index (χ1) is 6.25. The van der Waals surface area contributed by atoms with Gasteiger partial charge in [-0.25, -0.2) is 4.39 Å². The summed E-state index contributed by atoms with van der Waals surface area (Å²) in [5, 5.41) is 0. The van der Waals surface area contributed by atoms with Gasteiger partial charge >= 0.3 is 0 Å². The molecular weight excluding hydrogens is 163 g/mol. The summed E-state index contributed by atoms with van der Waals surface area (Å²) in [6.07, 6.45) is 3.37. The minimum Gasteiger partial charge on any atom is -0.207 e. The highest BCUT2D eigenvalue weighted by Crippen LogP contribution is 2.22. The van der Waals surface area contributed by atoms with Crippen LogP contribution in [0, 0.1) is 11.9 Å². The second kappa shape index (κ2) is 5.00. The lowest BCUT2D eigenvalue weighted by atomic mass is 9.95. The highest BCUT2D eigenvalue weighted by Gasteiger charge is 2.09. The van der Waals surface area contributed by atoms with Gasteiger partial charge in [0.05, 0.1) is 0 Å².